The van der Waals surface area contributed by atoms with Crippen molar-refractivity contribution in [3.05, 3.63) is 23.3 Å². The Kier molecular flexibility index (Phi) is 2.03. The van der Waals surface area contributed by atoms with Crippen LogP contribution in [0, 0.1) is 5.92 Å². The van der Waals surface area contributed by atoms with Crippen LogP contribution in [-0.2, 0) is 0 Å². The third kappa shape index (κ3) is 1.40. The molecule has 0 radical (unpaired) electrons. The SMILES string of the molecule is CC1C[C@H]1N1CC2CC(C1)c1cc(N)c(N)cc12. The molecule has 0 amide bonds. The van der Waals surface area contributed by atoms with Gasteiger partial charge in [-0.2, -0.15) is 0 Å². The molecule has 1 saturated heterocycles. The molecule has 4 atom stereocenters. The fraction of sp³-hybridized carbons (Fsp3) is 0.600. The number of piperidine rings is 1. The molecule has 1 aromatic carbocycles. The van der Waals surface area contributed by atoms with Gasteiger partial charge in [-0.15, -0.1) is 0 Å². The van der Waals surface area contributed by atoms with E-state index in [1.54, 1.807) is 0 Å². The zero-order valence-electron chi connectivity index (χ0n) is 10.9. The number of nitrogen functional groups attached to an aromatic ring is 2. The maximum Gasteiger partial charge on any atom is 0.0550 e. The van der Waals surface area contributed by atoms with Crippen molar-refractivity contribution in [1.82, 2.24) is 4.90 Å². The van der Waals surface area contributed by atoms with Crippen molar-refractivity contribution in [2.24, 2.45) is 5.92 Å². The number of hydrogen-bond acceptors (Lipinski definition) is 3. The van der Waals surface area contributed by atoms with E-state index < -0.39 is 0 Å². The van der Waals surface area contributed by atoms with E-state index in [0.29, 0.717) is 11.8 Å². The molecule has 0 spiro atoms. The highest BCUT2D eigenvalue weighted by Gasteiger charge is 2.45. The number of likely N-dealkylation sites (tertiary alicyclic amines) is 1. The molecule has 3 nitrogen and oxygen atoms in total. The highest BCUT2D eigenvalue weighted by atomic mass is 15.2. The quantitative estimate of drug-likeness (QED) is 0.743. The van der Waals surface area contributed by atoms with Crippen molar-refractivity contribution in [2.45, 2.75) is 37.6 Å². The lowest BCUT2D eigenvalue weighted by Crippen LogP contribution is -2.37. The predicted molar refractivity (Wildman–Crippen MR) is 74.5 cm³/mol. The van der Waals surface area contributed by atoms with Gasteiger partial charge >= 0.3 is 0 Å². The summed E-state index contributed by atoms with van der Waals surface area (Å²) in [4.78, 5) is 2.70. The van der Waals surface area contributed by atoms with E-state index in [2.05, 4.69) is 24.0 Å². The van der Waals surface area contributed by atoms with Crippen molar-refractivity contribution in [1.29, 1.82) is 0 Å². The van der Waals surface area contributed by atoms with E-state index in [4.69, 9.17) is 11.5 Å². The fourth-order valence-electron chi connectivity index (χ4n) is 4.04. The molecule has 2 aliphatic carbocycles. The van der Waals surface area contributed by atoms with Crippen molar-refractivity contribution in [2.75, 3.05) is 24.6 Å². The van der Waals surface area contributed by atoms with Crippen LogP contribution >= 0.6 is 0 Å². The first kappa shape index (κ1) is 10.7. The number of hydrogen-bond donors (Lipinski definition) is 2. The third-order valence-electron chi connectivity index (χ3n) is 5.18. The average molecular weight is 243 g/mol. The van der Waals surface area contributed by atoms with Crippen molar-refractivity contribution >= 4 is 11.4 Å². The van der Waals surface area contributed by atoms with E-state index in [9.17, 15) is 0 Å². The van der Waals surface area contributed by atoms with Gasteiger partial charge in [-0.25, -0.2) is 0 Å². The van der Waals surface area contributed by atoms with Gasteiger partial charge in [0.15, 0.2) is 0 Å². The molecule has 4 rings (SSSR count). The maximum atomic E-state index is 5.97. The summed E-state index contributed by atoms with van der Waals surface area (Å²) in [5, 5.41) is 0. The predicted octanol–water partition coefficient (Wildman–Crippen LogP) is 2.15. The second-order valence-corrected chi connectivity index (χ2v) is 6.47. The normalized spacial score (nSPS) is 37.6. The summed E-state index contributed by atoms with van der Waals surface area (Å²) in [5.74, 6) is 2.28. The summed E-state index contributed by atoms with van der Waals surface area (Å²) in [6, 6.07) is 5.11. The summed E-state index contributed by atoms with van der Waals surface area (Å²) in [6.45, 7) is 4.81. The summed E-state index contributed by atoms with van der Waals surface area (Å²) in [7, 11) is 0. The van der Waals surface area contributed by atoms with Crippen LogP contribution in [0.4, 0.5) is 11.4 Å². The summed E-state index contributed by atoms with van der Waals surface area (Å²) >= 11 is 0. The van der Waals surface area contributed by atoms with Gasteiger partial charge in [0, 0.05) is 19.1 Å². The average Bonchev–Trinajstić information content (AvgIpc) is 3.03. The Morgan fingerprint density at radius 3 is 1.94 bits per heavy atom. The van der Waals surface area contributed by atoms with Crippen LogP contribution in [0.1, 0.15) is 42.7 Å². The molecule has 4 N–H and O–H groups in total. The molecule has 1 aromatic rings. The van der Waals surface area contributed by atoms with Crippen LogP contribution in [-0.4, -0.2) is 24.0 Å². The van der Waals surface area contributed by atoms with Crippen LogP contribution in [0.25, 0.3) is 0 Å². The number of nitrogens with zero attached hydrogens (tertiary/aromatic N) is 1. The molecule has 1 saturated carbocycles. The van der Waals surface area contributed by atoms with Crippen LogP contribution in [0.15, 0.2) is 12.1 Å². The lowest BCUT2D eigenvalue weighted by atomic mass is 9.95. The van der Waals surface area contributed by atoms with Gasteiger partial charge < -0.3 is 11.5 Å². The molecule has 2 bridgehead atoms. The van der Waals surface area contributed by atoms with Crippen LogP contribution < -0.4 is 11.5 Å². The lowest BCUT2D eigenvalue weighted by molar-refractivity contribution is 0.187. The monoisotopic (exact) mass is 243 g/mol. The third-order valence-corrected chi connectivity index (χ3v) is 5.18. The molecule has 1 aliphatic heterocycles. The second-order valence-electron chi connectivity index (χ2n) is 6.47. The molecule has 96 valence electrons. The number of fused-ring (bicyclic) bond motifs is 5. The van der Waals surface area contributed by atoms with Gasteiger partial charge in [0.2, 0.25) is 0 Å². The molecule has 0 aromatic heterocycles. The van der Waals surface area contributed by atoms with Crippen molar-refractivity contribution in [3.8, 4) is 0 Å². The Morgan fingerprint density at radius 1 is 1.00 bits per heavy atom. The first-order chi connectivity index (χ1) is 8.63. The highest BCUT2D eigenvalue weighted by molar-refractivity contribution is 5.68. The minimum Gasteiger partial charge on any atom is -0.397 e. The van der Waals surface area contributed by atoms with Gasteiger partial charge in [0.25, 0.3) is 0 Å². The Bertz CT molecular complexity index is 474. The maximum absolute atomic E-state index is 5.97. The molecule has 18 heavy (non-hydrogen) atoms. The zero-order chi connectivity index (χ0) is 12.4. The van der Waals surface area contributed by atoms with Crippen LogP contribution in [0.3, 0.4) is 0 Å². The molecule has 1 heterocycles. The largest absolute Gasteiger partial charge is 0.397 e. The first-order valence-corrected chi connectivity index (χ1v) is 7.06. The molecule has 3 aliphatic rings. The number of nitrogens with two attached hydrogens (primary N) is 2. The van der Waals surface area contributed by atoms with E-state index in [0.717, 1.165) is 23.3 Å². The highest BCUT2D eigenvalue weighted by Crippen LogP contribution is 2.50. The topological polar surface area (TPSA) is 55.3 Å². The van der Waals surface area contributed by atoms with E-state index in [1.165, 1.54) is 37.1 Å². The van der Waals surface area contributed by atoms with Crippen LogP contribution in [0.5, 0.6) is 0 Å². The van der Waals surface area contributed by atoms with Gasteiger partial charge in [-0.05, 0) is 53.9 Å². The number of benzene rings is 1. The molecular weight excluding hydrogens is 222 g/mol. The molecule has 3 heteroatoms. The first-order valence-electron chi connectivity index (χ1n) is 7.06. The molecule has 3 unspecified atom stereocenters. The minimum absolute atomic E-state index is 0.689. The Labute approximate surface area is 108 Å². The molecule has 2 fully saturated rings. The van der Waals surface area contributed by atoms with Crippen molar-refractivity contribution in [3.63, 3.8) is 0 Å². The van der Waals surface area contributed by atoms with E-state index in [1.807, 2.05) is 0 Å². The standard InChI is InChI=1S/C15H21N3/c1-8-2-15(8)18-6-9-3-10(7-18)12-5-14(17)13(16)4-11(9)12/h4-5,8-10,15H,2-3,6-7,16-17H2,1H3/t8?,9?,10?,15-/m1/s1. The van der Waals surface area contributed by atoms with Crippen LogP contribution in [0.2, 0.25) is 0 Å². The second kappa shape index (κ2) is 3.41. The zero-order valence-corrected chi connectivity index (χ0v) is 10.9. The minimum atomic E-state index is 0.689. The Morgan fingerprint density at radius 2 is 1.50 bits per heavy atom. The lowest BCUT2D eigenvalue weighted by Gasteiger charge is -2.32. The Hall–Kier alpha value is -1.22. The van der Waals surface area contributed by atoms with Crippen molar-refractivity contribution < 1.29 is 0 Å². The molecular formula is C15H21N3. The number of rotatable bonds is 1. The Balaban J connectivity index is 1.68. The van der Waals surface area contributed by atoms with Gasteiger partial charge in [-0.3, -0.25) is 4.90 Å². The summed E-state index contributed by atoms with van der Waals surface area (Å²) < 4.78 is 0. The number of anilines is 2. The summed E-state index contributed by atoms with van der Waals surface area (Å²) in [6.07, 6.45) is 2.69. The van der Waals surface area contributed by atoms with Gasteiger partial charge in [0.1, 0.15) is 0 Å². The van der Waals surface area contributed by atoms with E-state index in [-0.39, 0.29) is 0 Å². The van der Waals surface area contributed by atoms with E-state index >= 15 is 0 Å². The van der Waals surface area contributed by atoms with Gasteiger partial charge in [-0.1, -0.05) is 6.92 Å². The fourth-order valence-corrected chi connectivity index (χ4v) is 4.04. The van der Waals surface area contributed by atoms with Gasteiger partial charge in [0.05, 0.1) is 11.4 Å². The smallest absolute Gasteiger partial charge is 0.0550 e. The summed E-state index contributed by atoms with van der Waals surface area (Å²) in [5.41, 5.74) is 16.4.